The van der Waals surface area contributed by atoms with Gasteiger partial charge in [-0.15, -0.1) is 0 Å². The molecule has 0 saturated carbocycles. The van der Waals surface area contributed by atoms with Crippen molar-refractivity contribution in [1.29, 1.82) is 0 Å². The van der Waals surface area contributed by atoms with Crippen LogP contribution in [0.3, 0.4) is 0 Å². The minimum absolute atomic E-state index is 0. The lowest BCUT2D eigenvalue weighted by atomic mass is 10.2. The van der Waals surface area contributed by atoms with E-state index >= 15 is 0 Å². The van der Waals surface area contributed by atoms with Crippen LogP contribution in [0.4, 0.5) is 0 Å². The molecule has 3 heteroatoms. The summed E-state index contributed by atoms with van der Waals surface area (Å²) >= 11 is 0. The summed E-state index contributed by atoms with van der Waals surface area (Å²) in [5.74, 6) is 0.890. The van der Waals surface area contributed by atoms with Crippen molar-refractivity contribution in [2.75, 3.05) is 0 Å². The van der Waals surface area contributed by atoms with E-state index in [1.807, 2.05) is 30.5 Å². The highest BCUT2D eigenvalue weighted by Crippen LogP contribution is 1.98. The Hall–Kier alpha value is -1.67. The highest BCUT2D eigenvalue weighted by molar-refractivity contribution is 5.31. The molecule has 0 radical (unpaired) electrons. The van der Waals surface area contributed by atoms with Crippen molar-refractivity contribution in [1.82, 2.24) is 4.98 Å². The zero-order valence-electron chi connectivity index (χ0n) is 8.88. The highest BCUT2D eigenvalue weighted by Gasteiger charge is 2.06. The summed E-state index contributed by atoms with van der Waals surface area (Å²) in [5, 5.41) is 0. The van der Waals surface area contributed by atoms with Crippen LogP contribution in [0, 0.1) is 0 Å². The average molecular weight is 233 g/mol. The van der Waals surface area contributed by atoms with Gasteiger partial charge in [-0.05, 0) is 10.5 Å². The normalized spacial score (nSPS) is 9.25. The van der Waals surface area contributed by atoms with E-state index in [0.29, 0.717) is 0 Å². The summed E-state index contributed by atoms with van der Waals surface area (Å²) in [5.41, 5.74) is 1.26. The topological polar surface area (TPSA) is 16.8 Å². The fourth-order valence-electron chi connectivity index (χ4n) is 1.50. The first-order chi connectivity index (χ1) is 7.40. The van der Waals surface area contributed by atoms with Gasteiger partial charge in [-0.1, -0.05) is 36.9 Å². The molecule has 0 aliphatic rings. The van der Waals surface area contributed by atoms with E-state index in [-0.39, 0.29) is 12.4 Å². The molecular weight excluding hydrogens is 220 g/mol. The molecule has 0 fully saturated rings. The van der Waals surface area contributed by atoms with Gasteiger partial charge in [0.25, 0.3) is 0 Å². The number of nitrogens with zero attached hydrogens (tertiary/aromatic N) is 2. The molecule has 0 amide bonds. The number of aromatic nitrogens is 2. The van der Waals surface area contributed by atoms with E-state index in [9.17, 15) is 0 Å². The monoisotopic (exact) mass is 232 g/mol. The van der Waals surface area contributed by atoms with E-state index in [1.165, 1.54) is 5.56 Å². The Balaban J connectivity index is 0.00000128. The number of rotatable bonds is 3. The third kappa shape index (κ3) is 2.91. The lowest BCUT2D eigenvalue weighted by molar-refractivity contribution is -0.693. The highest BCUT2D eigenvalue weighted by atomic mass is 35.5. The predicted molar refractivity (Wildman–Crippen MR) is 60.1 cm³/mol. The minimum atomic E-state index is 0. The summed E-state index contributed by atoms with van der Waals surface area (Å²) < 4.78 is 2.07. The first-order valence-corrected chi connectivity index (χ1v) is 4.91. The van der Waals surface area contributed by atoms with Crippen molar-refractivity contribution in [3.8, 4) is 0 Å². The third-order valence-electron chi connectivity index (χ3n) is 2.23. The van der Waals surface area contributed by atoms with Crippen LogP contribution in [0.2, 0.25) is 0 Å². The molecule has 2 aromatic rings. The number of hydrogen-bond acceptors (Lipinski definition) is 1. The lowest BCUT2D eigenvalue weighted by Crippen LogP contribution is -3.00. The molecule has 0 atom stereocenters. The Morgan fingerprint density at radius 2 is 1.94 bits per heavy atom. The van der Waals surface area contributed by atoms with Gasteiger partial charge in [-0.2, -0.15) is 0 Å². The van der Waals surface area contributed by atoms with E-state index in [0.717, 1.165) is 12.4 Å². The van der Waals surface area contributed by atoms with Crippen LogP contribution < -0.4 is 17.0 Å². The standard InChI is InChI=1S/C13H13N2.ClH/c1-2-13-14-9-6-10-15(13)11-12-7-4-3-5-8-12;/h2-10H,1,11H2;1H/q+1;/p-1. The Labute approximate surface area is 102 Å². The molecular formula is C13H13ClN2. The average Bonchev–Trinajstić information content (AvgIpc) is 2.31. The molecule has 16 heavy (non-hydrogen) atoms. The largest absolute Gasteiger partial charge is 1.00 e. The Kier molecular flexibility index (Phi) is 4.67. The van der Waals surface area contributed by atoms with Crippen molar-refractivity contribution in [2.45, 2.75) is 6.54 Å². The number of hydrogen-bond donors (Lipinski definition) is 0. The van der Waals surface area contributed by atoms with E-state index in [4.69, 9.17) is 0 Å². The van der Waals surface area contributed by atoms with Gasteiger partial charge in [0.2, 0.25) is 0 Å². The van der Waals surface area contributed by atoms with E-state index in [1.54, 1.807) is 12.3 Å². The Morgan fingerprint density at radius 3 is 2.62 bits per heavy atom. The predicted octanol–water partition coefficient (Wildman–Crippen LogP) is -0.936. The maximum absolute atomic E-state index is 4.24. The summed E-state index contributed by atoms with van der Waals surface area (Å²) in [6.07, 6.45) is 5.55. The van der Waals surface area contributed by atoms with Crippen molar-refractivity contribution in [2.24, 2.45) is 0 Å². The second-order valence-electron chi connectivity index (χ2n) is 3.30. The summed E-state index contributed by atoms with van der Waals surface area (Å²) in [4.78, 5) is 4.24. The smallest absolute Gasteiger partial charge is 0.322 e. The molecule has 0 saturated heterocycles. The SMILES string of the molecule is C=Cc1nccc[n+]1Cc1ccccc1.[Cl-]. The minimum Gasteiger partial charge on any atom is -1.00 e. The van der Waals surface area contributed by atoms with Crippen LogP contribution in [-0.2, 0) is 6.54 Å². The molecule has 0 aliphatic heterocycles. The summed E-state index contributed by atoms with van der Waals surface area (Å²) in [6.45, 7) is 4.58. The number of halogens is 1. The first kappa shape index (κ1) is 12.4. The van der Waals surface area contributed by atoms with Gasteiger partial charge >= 0.3 is 5.82 Å². The maximum Gasteiger partial charge on any atom is 0.322 e. The van der Waals surface area contributed by atoms with Gasteiger partial charge < -0.3 is 12.4 Å². The summed E-state index contributed by atoms with van der Waals surface area (Å²) in [7, 11) is 0. The van der Waals surface area contributed by atoms with Gasteiger partial charge in [-0.25, -0.2) is 4.57 Å². The lowest BCUT2D eigenvalue weighted by Gasteiger charge is -2.01. The second-order valence-corrected chi connectivity index (χ2v) is 3.30. The molecule has 0 spiro atoms. The molecule has 1 aromatic carbocycles. The quantitative estimate of drug-likeness (QED) is 0.625. The molecule has 0 unspecified atom stereocenters. The van der Waals surface area contributed by atoms with Gasteiger partial charge in [0.15, 0.2) is 0 Å². The second kappa shape index (κ2) is 6.03. The molecule has 1 heterocycles. The summed E-state index contributed by atoms with van der Waals surface area (Å²) in [6, 6.07) is 12.2. The Bertz CT molecular complexity index is 454. The van der Waals surface area contributed by atoms with Crippen molar-refractivity contribution in [3.05, 3.63) is 66.8 Å². The van der Waals surface area contributed by atoms with Gasteiger partial charge in [0, 0.05) is 12.1 Å². The number of benzene rings is 1. The first-order valence-electron chi connectivity index (χ1n) is 4.91. The van der Waals surface area contributed by atoms with Crippen LogP contribution in [0.1, 0.15) is 11.4 Å². The Morgan fingerprint density at radius 1 is 1.19 bits per heavy atom. The third-order valence-corrected chi connectivity index (χ3v) is 2.23. The zero-order valence-corrected chi connectivity index (χ0v) is 9.64. The molecule has 2 rings (SSSR count). The van der Waals surface area contributed by atoms with E-state index in [2.05, 4.69) is 28.3 Å². The van der Waals surface area contributed by atoms with Crippen molar-refractivity contribution < 1.29 is 17.0 Å². The van der Waals surface area contributed by atoms with Crippen LogP contribution in [0.15, 0.2) is 55.4 Å². The van der Waals surface area contributed by atoms with Crippen molar-refractivity contribution in [3.63, 3.8) is 0 Å². The van der Waals surface area contributed by atoms with Gasteiger partial charge in [0.1, 0.15) is 12.7 Å². The molecule has 2 nitrogen and oxygen atoms in total. The fourth-order valence-corrected chi connectivity index (χ4v) is 1.50. The molecule has 0 aliphatic carbocycles. The molecule has 82 valence electrons. The molecule has 0 bridgehead atoms. The molecule has 0 N–H and O–H groups in total. The van der Waals surface area contributed by atoms with Crippen LogP contribution in [0.5, 0.6) is 0 Å². The fraction of sp³-hybridized carbons (Fsp3) is 0.0769. The van der Waals surface area contributed by atoms with Crippen molar-refractivity contribution >= 4 is 6.08 Å². The van der Waals surface area contributed by atoms with Crippen LogP contribution in [0.25, 0.3) is 6.08 Å². The van der Waals surface area contributed by atoms with Gasteiger partial charge in [-0.3, -0.25) is 0 Å². The van der Waals surface area contributed by atoms with Crippen LogP contribution in [-0.4, -0.2) is 4.98 Å². The van der Waals surface area contributed by atoms with Gasteiger partial charge in [0.05, 0.1) is 6.20 Å². The maximum atomic E-state index is 4.24. The van der Waals surface area contributed by atoms with Crippen LogP contribution >= 0.6 is 0 Å². The van der Waals surface area contributed by atoms with E-state index < -0.39 is 0 Å². The zero-order chi connectivity index (χ0) is 10.5. The molecule has 1 aromatic heterocycles.